The molecule has 2 aromatic heterocycles. The Hall–Kier alpha value is -2.01. The first-order valence-electron chi connectivity index (χ1n) is 9.41. The lowest BCUT2D eigenvalue weighted by molar-refractivity contribution is 0.609. The number of hydrogen-bond donors (Lipinski definition) is 2. The summed E-state index contributed by atoms with van der Waals surface area (Å²) in [6, 6.07) is 10.9. The van der Waals surface area contributed by atoms with Crippen molar-refractivity contribution in [1.82, 2.24) is 25.4 Å². The van der Waals surface area contributed by atoms with Crippen molar-refractivity contribution in [2.75, 3.05) is 13.1 Å². The van der Waals surface area contributed by atoms with Crippen LogP contribution in [0.15, 0.2) is 53.1 Å². The lowest BCUT2D eigenvalue weighted by atomic mass is 10.2. The Morgan fingerprint density at radius 3 is 2.76 bits per heavy atom. The van der Waals surface area contributed by atoms with E-state index in [1.165, 1.54) is 10.9 Å². The zero-order valence-corrected chi connectivity index (χ0v) is 19.5. The Bertz CT molecular complexity index is 881. The van der Waals surface area contributed by atoms with Crippen LogP contribution in [0.1, 0.15) is 23.2 Å². The van der Waals surface area contributed by atoms with E-state index in [4.69, 9.17) is 0 Å². The third kappa shape index (κ3) is 7.39. The van der Waals surface area contributed by atoms with E-state index in [0.717, 1.165) is 31.8 Å². The molecule has 0 atom stereocenters. The van der Waals surface area contributed by atoms with E-state index in [2.05, 4.69) is 50.3 Å². The molecular weight excluding hydrogens is 502 g/mol. The van der Waals surface area contributed by atoms with E-state index in [1.807, 2.05) is 10.6 Å². The van der Waals surface area contributed by atoms with Crippen LogP contribution in [0.4, 0.5) is 4.39 Å². The van der Waals surface area contributed by atoms with Crippen LogP contribution in [0.25, 0.3) is 0 Å². The summed E-state index contributed by atoms with van der Waals surface area (Å²) in [4.78, 5) is 5.87. The largest absolute Gasteiger partial charge is 0.356 e. The van der Waals surface area contributed by atoms with E-state index in [0.29, 0.717) is 18.1 Å². The molecule has 1 aromatic carbocycles. The standard InChI is InChI=1S/C20H25FN6S.HI/c1-2-19-26-25-15-27(19)12-11-23-20(22-10-9-17-7-5-13-28-17)24-14-16-6-3-4-8-18(16)21;/h3-8,13,15H,2,9-12,14H2,1H3,(H2,22,23,24);1H. The summed E-state index contributed by atoms with van der Waals surface area (Å²) >= 11 is 1.74. The average molecular weight is 528 g/mol. The van der Waals surface area contributed by atoms with Gasteiger partial charge in [0.2, 0.25) is 0 Å². The molecule has 9 heteroatoms. The summed E-state index contributed by atoms with van der Waals surface area (Å²) in [6.45, 7) is 4.51. The van der Waals surface area contributed by atoms with Crippen LogP contribution in [-0.4, -0.2) is 33.8 Å². The van der Waals surface area contributed by atoms with Crippen molar-refractivity contribution in [3.05, 3.63) is 70.2 Å². The van der Waals surface area contributed by atoms with Gasteiger partial charge in [0, 0.05) is 36.5 Å². The number of benzene rings is 1. The molecule has 0 bridgehead atoms. The van der Waals surface area contributed by atoms with E-state index in [-0.39, 0.29) is 36.3 Å². The first-order chi connectivity index (χ1) is 13.8. The van der Waals surface area contributed by atoms with Crippen molar-refractivity contribution in [1.29, 1.82) is 0 Å². The highest BCUT2D eigenvalue weighted by molar-refractivity contribution is 14.0. The second-order valence-electron chi connectivity index (χ2n) is 6.23. The highest BCUT2D eigenvalue weighted by Crippen LogP contribution is 2.09. The van der Waals surface area contributed by atoms with Crippen LogP contribution >= 0.6 is 35.3 Å². The number of guanidine groups is 1. The van der Waals surface area contributed by atoms with Gasteiger partial charge in [0.25, 0.3) is 0 Å². The number of nitrogens with zero attached hydrogens (tertiary/aromatic N) is 4. The van der Waals surface area contributed by atoms with E-state index in [1.54, 1.807) is 29.8 Å². The summed E-state index contributed by atoms with van der Waals surface area (Å²) in [5.41, 5.74) is 0.578. The summed E-state index contributed by atoms with van der Waals surface area (Å²) in [5, 5.41) is 16.8. The number of nitrogens with one attached hydrogen (secondary N) is 2. The Morgan fingerprint density at radius 1 is 1.17 bits per heavy atom. The van der Waals surface area contributed by atoms with Crippen LogP contribution in [-0.2, 0) is 25.9 Å². The normalized spacial score (nSPS) is 11.2. The average Bonchev–Trinajstić information content (AvgIpc) is 3.38. The monoisotopic (exact) mass is 528 g/mol. The van der Waals surface area contributed by atoms with Gasteiger partial charge in [-0.05, 0) is 23.9 Å². The third-order valence-electron chi connectivity index (χ3n) is 4.27. The van der Waals surface area contributed by atoms with Crippen LogP contribution in [0.2, 0.25) is 0 Å². The van der Waals surface area contributed by atoms with Gasteiger partial charge >= 0.3 is 0 Å². The lowest BCUT2D eigenvalue weighted by Crippen LogP contribution is -2.40. The van der Waals surface area contributed by atoms with Crippen molar-refractivity contribution in [3.63, 3.8) is 0 Å². The van der Waals surface area contributed by atoms with Crippen LogP contribution in [0.3, 0.4) is 0 Å². The Labute approximate surface area is 191 Å². The molecule has 3 aromatic rings. The number of rotatable bonds is 9. The molecule has 0 aliphatic carbocycles. The van der Waals surface area contributed by atoms with Crippen LogP contribution in [0, 0.1) is 5.82 Å². The predicted molar refractivity (Wildman–Crippen MR) is 126 cm³/mol. The first-order valence-corrected chi connectivity index (χ1v) is 10.3. The number of aliphatic imine (C=N–C) groups is 1. The van der Waals surface area contributed by atoms with Crippen LogP contribution in [0.5, 0.6) is 0 Å². The Kier molecular flexibility index (Phi) is 10.1. The molecule has 0 amide bonds. The number of halogens is 2. The smallest absolute Gasteiger partial charge is 0.191 e. The van der Waals surface area contributed by atoms with Gasteiger partial charge in [0.15, 0.2) is 5.96 Å². The molecule has 0 saturated heterocycles. The van der Waals surface area contributed by atoms with Gasteiger partial charge < -0.3 is 15.2 Å². The van der Waals surface area contributed by atoms with E-state index < -0.39 is 0 Å². The Morgan fingerprint density at radius 2 is 2.00 bits per heavy atom. The Balaban J connectivity index is 0.00000300. The molecule has 2 heterocycles. The zero-order chi connectivity index (χ0) is 19.6. The molecule has 29 heavy (non-hydrogen) atoms. The highest BCUT2D eigenvalue weighted by atomic mass is 127. The molecule has 0 aliphatic rings. The maximum Gasteiger partial charge on any atom is 0.191 e. The van der Waals surface area contributed by atoms with Crippen molar-refractivity contribution in [3.8, 4) is 0 Å². The molecule has 0 spiro atoms. The SMILES string of the molecule is CCc1nncn1CCNC(=NCc1ccccc1F)NCCc1cccs1.I. The minimum Gasteiger partial charge on any atom is -0.356 e. The minimum atomic E-state index is -0.235. The van der Waals surface area contributed by atoms with Crippen molar-refractivity contribution in [2.24, 2.45) is 4.99 Å². The fourth-order valence-corrected chi connectivity index (χ4v) is 3.47. The molecule has 6 nitrogen and oxygen atoms in total. The number of hydrogen-bond acceptors (Lipinski definition) is 4. The van der Waals surface area contributed by atoms with Gasteiger partial charge in [-0.15, -0.1) is 45.5 Å². The number of aromatic nitrogens is 3. The van der Waals surface area contributed by atoms with Gasteiger partial charge in [-0.25, -0.2) is 9.38 Å². The maximum absolute atomic E-state index is 13.9. The molecule has 156 valence electrons. The molecule has 3 rings (SSSR count). The quantitative estimate of drug-likeness (QED) is 0.253. The second-order valence-corrected chi connectivity index (χ2v) is 7.27. The highest BCUT2D eigenvalue weighted by Gasteiger charge is 2.05. The van der Waals surface area contributed by atoms with Gasteiger partial charge in [-0.3, -0.25) is 0 Å². The first kappa shape index (κ1) is 23.3. The van der Waals surface area contributed by atoms with E-state index >= 15 is 0 Å². The molecule has 0 aliphatic heterocycles. The van der Waals surface area contributed by atoms with E-state index in [9.17, 15) is 4.39 Å². The molecule has 0 radical (unpaired) electrons. The van der Waals surface area contributed by atoms with Crippen LogP contribution < -0.4 is 10.6 Å². The van der Waals surface area contributed by atoms with Gasteiger partial charge in [0.05, 0.1) is 6.54 Å². The molecule has 0 unspecified atom stereocenters. The third-order valence-corrected chi connectivity index (χ3v) is 5.20. The van der Waals surface area contributed by atoms with Gasteiger partial charge in [0.1, 0.15) is 18.0 Å². The summed E-state index contributed by atoms with van der Waals surface area (Å²) in [6.07, 6.45) is 3.50. The summed E-state index contributed by atoms with van der Waals surface area (Å²) in [5.74, 6) is 1.39. The van der Waals surface area contributed by atoms with Gasteiger partial charge in [-0.1, -0.05) is 31.2 Å². The zero-order valence-electron chi connectivity index (χ0n) is 16.3. The van der Waals surface area contributed by atoms with Crippen molar-refractivity contribution >= 4 is 41.3 Å². The topological polar surface area (TPSA) is 67.1 Å². The molecule has 0 fully saturated rings. The molecule has 2 N–H and O–H groups in total. The minimum absolute atomic E-state index is 0. The van der Waals surface area contributed by atoms with Gasteiger partial charge in [-0.2, -0.15) is 0 Å². The predicted octanol–water partition coefficient (Wildman–Crippen LogP) is 3.64. The molecular formula is C20H26FIN6S. The fraction of sp³-hybridized carbons (Fsp3) is 0.350. The second kappa shape index (κ2) is 12.5. The van der Waals surface area contributed by atoms with Crippen molar-refractivity contribution < 1.29 is 4.39 Å². The number of aryl methyl sites for hydroxylation is 1. The summed E-state index contributed by atoms with van der Waals surface area (Å²) < 4.78 is 15.9. The fourth-order valence-electron chi connectivity index (χ4n) is 2.76. The molecule has 0 saturated carbocycles. The van der Waals surface area contributed by atoms with Crippen molar-refractivity contribution in [2.45, 2.75) is 32.9 Å². The lowest BCUT2D eigenvalue weighted by Gasteiger charge is -2.13. The summed E-state index contributed by atoms with van der Waals surface area (Å²) in [7, 11) is 0. The number of thiophene rings is 1. The maximum atomic E-state index is 13.9.